The van der Waals surface area contributed by atoms with Crippen molar-refractivity contribution in [3.8, 4) is 0 Å². The zero-order valence-electron chi connectivity index (χ0n) is 11.1. The van der Waals surface area contributed by atoms with Crippen LogP contribution in [0.5, 0.6) is 0 Å². The van der Waals surface area contributed by atoms with E-state index in [1.165, 1.54) is 48.6 Å². The van der Waals surface area contributed by atoms with E-state index in [1.54, 1.807) is 0 Å². The normalized spacial score (nSPS) is 13.9. The number of hydrogen-bond donors (Lipinski definition) is 0. The lowest BCUT2D eigenvalue weighted by molar-refractivity contribution is 0.295. The Kier molecular flexibility index (Phi) is 11.8. The van der Waals surface area contributed by atoms with E-state index in [2.05, 4.69) is 13.8 Å². The van der Waals surface area contributed by atoms with Crippen molar-refractivity contribution in [3.63, 3.8) is 0 Å². The van der Waals surface area contributed by atoms with Crippen LogP contribution in [0, 0.1) is 0 Å². The maximum absolute atomic E-state index is 11.8. The molecular weight excluding hydrogens is 295 g/mol. The molecule has 104 valence electrons. The van der Waals surface area contributed by atoms with Gasteiger partial charge in [-0.3, -0.25) is 0 Å². The highest BCUT2D eigenvalue weighted by Gasteiger charge is 2.24. The van der Waals surface area contributed by atoms with E-state index in [9.17, 15) is 4.57 Å². The molecule has 0 aliphatic carbocycles. The topological polar surface area (TPSA) is 35.5 Å². The lowest BCUT2D eigenvalue weighted by atomic mass is 10.9. The Bertz CT molecular complexity index is 221. The minimum Gasteiger partial charge on any atom is -0.304 e. The molecule has 0 heterocycles. The van der Waals surface area contributed by atoms with Gasteiger partial charge in [-0.25, -0.2) is 4.57 Å². The third-order valence-electron chi connectivity index (χ3n) is 2.20. The summed E-state index contributed by atoms with van der Waals surface area (Å²) >= 11 is 3.31. The highest BCUT2D eigenvalue weighted by atomic mass is 32.7. The van der Waals surface area contributed by atoms with Crippen LogP contribution >= 0.6 is 29.9 Å². The van der Waals surface area contributed by atoms with Crippen molar-refractivity contribution in [2.75, 3.05) is 48.7 Å². The van der Waals surface area contributed by atoms with Crippen LogP contribution in [0.3, 0.4) is 0 Å². The molecule has 3 nitrogen and oxygen atoms in total. The van der Waals surface area contributed by atoms with E-state index in [0.29, 0.717) is 10.9 Å². The second-order valence-corrected chi connectivity index (χ2v) is 11.6. The van der Waals surface area contributed by atoms with Crippen LogP contribution < -0.4 is 0 Å². The van der Waals surface area contributed by atoms with E-state index in [4.69, 9.17) is 9.05 Å². The largest absolute Gasteiger partial charge is 0.388 e. The summed E-state index contributed by atoms with van der Waals surface area (Å²) in [6.45, 7) is 1.56. The fourth-order valence-corrected chi connectivity index (χ4v) is 7.44. The van der Waals surface area contributed by atoms with Gasteiger partial charge in [0.25, 0.3) is 0 Å². The molecule has 0 aromatic heterocycles. The summed E-state index contributed by atoms with van der Waals surface area (Å²) in [5.41, 5.74) is 0. The first-order valence-electron chi connectivity index (χ1n) is 5.69. The molecule has 1 unspecified atom stereocenters. The Balaban J connectivity index is 3.79. The second-order valence-electron chi connectivity index (χ2n) is 3.15. The first-order valence-corrected chi connectivity index (χ1v) is 11.7. The van der Waals surface area contributed by atoms with E-state index in [1.807, 2.05) is 11.8 Å². The van der Waals surface area contributed by atoms with Crippen molar-refractivity contribution in [2.24, 2.45) is 0 Å². The standard InChI is InChI=1S/C10H24O3PS3/c1-5-15-7-9-17(6-2)10-8-16-14(11,12-3)13-4/h5-10H2,1-4H3/q+1. The predicted octanol–water partition coefficient (Wildman–Crippen LogP) is 3.51. The van der Waals surface area contributed by atoms with Crippen LogP contribution in [0.4, 0.5) is 0 Å². The molecule has 0 spiro atoms. The van der Waals surface area contributed by atoms with Gasteiger partial charge in [0.15, 0.2) is 0 Å². The van der Waals surface area contributed by atoms with Crippen molar-refractivity contribution in [1.82, 2.24) is 0 Å². The lowest BCUT2D eigenvalue weighted by Gasteiger charge is -2.12. The maximum Gasteiger partial charge on any atom is 0.388 e. The highest BCUT2D eigenvalue weighted by Crippen LogP contribution is 2.59. The van der Waals surface area contributed by atoms with Gasteiger partial charge in [0, 0.05) is 25.7 Å². The summed E-state index contributed by atoms with van der Waals surface area (Å²) in [5, 5.41) is 0. The zero-order chi connectivity index (χ0) is 13.1. The average Bonchev–Trinajstić information content (AvgIpc) is 2.36. The SMILES string of the molecule is CCSCC[S+](CC)CCSP(=O)(OC)OC. The third-order valence-corrected chi connectivity index (χ3v) is 9.98. The third kappa shape index (κ3) is 8.84. The smallest absolute Gasteiger partial charge is 0.304 e. The molecule has 17 heavy (non-hydrogen) atoms. The maximum atomic E-state index is 11.8. The van der Waals surface area contributed by atoms with Crippen LogP contribution in [0.1, 0.15) is 13.8 Å². The molecule has 0 radical (unpaired) electrons. The van der Waals surface area contributed by atoms with E-state index in [-0.39, 0.29) is 0 Å². The number of hydrogen-bond acceptors (Lipinski definition) is 5. The Hall–Kier alpha value is 1.20. The molecule has 7 heteroatoms. The van der Waals surface area contributed by atoms with Crippen molar-refractivity contribution in [3.05, 3.63) is 0 Å². The fourth-order valence-electron chi connectivity index (χ4n) is 1.16. The Morgan fingerprint density at radius 3 is 2.18 bits per heavy atom. The summed E-state index contributed by atoms with van der Waals surface area (Å²) in [5.74, 6) is 6.90. The van der Waals surface area contributed by atoms with Crippen molar-refractivity contribution in [1.29, 1.82) is 0 Å². The minimum absolute atomic E-state index is 0.455. The van der Waals surface area contributed by atoms with Crippen LogP contribution in [0.15, 0.2) is 0 Å². The zero-order valence-corrected chi connectivity index (χ0v) is 14.5. The van der Waals surface area contributed by atoms with Gasteiger partial charge in [-0.15, -0.1) is 0 Å². The van der Waals surface area contributed by atoms with Gasteiger partial charge < -0.3 is 9.05 Å². The Labute approximate surface area is 117 Å². The van der Waals surface area contributed by atoms with Gasteiger partial charge in [0.2, 0.25) is 0 Å². The molecular formula is C10H24O3PS3+. The monoisotopic (exact) mass is 319 g/mol. The van der Waals surface area contributed by atoms with Crippen molar-refractivity contribution >= 4 is 40.8 Å². The molecule has 0 saturated carbocycles. The molecule has 0 bridgehead atoms. The molecule has 0 aromatic carbocycles. The first-order chi connectivity index (χ1) is 8.11. The Morgan fingerprint density at radius 1 is 1.12 bits per heavy atom. The van der Waals surface area contributed by atoms with Crippen LogP contribution in [-0.4, -0.2) is 48.7 Å². The lowest BCUT2D eigenvalue weighted by Crippen LogP contribution is -2.17. The van der Waals surface area contributed by atoms with Crippen LogP contribution in [0.25, 0.3) is 0 Å². The second kappa shape index (κ2) is 11.1. The predicted molar refractivity (Wildman–Crippen MR) is 84.7 cm³/mol. The van der Waals surface area contributed by atoms with Gasteiger partial charge in [0.1, 0.15) is 17.3 Å². The summed E-state index contributed by atoms with van der Waals surface area (Å²) in [7, 11) is 3.33. The van der Waals surface area contributed by atoms with E-state index < -0.39 is 6.80 Å². The Morgan fingerprint density at radius 2 is 1.71 bits per heavy atom. The molecule has 0 aliphatic rings. The van der Waals surface area contributed by atoms with E-state index in [0.717, 1.165) is 11.5 Å². The molecule has 0 aliphatic heterocycles. The van der Waals surface area contributed by atoms with Crippen molar-refractivity contribution in [2.45, 2.75) is 13.8 Å². The first kappa shape index (κ1) is 18.2. The molecule has 0 N–H and O–H groups in total. The molecule has 0 rings (SSSR count). The fraction of sp³-hybridized carbons (Fsp3) is 1.00. The van der Waals surface area contributed by atoms with Gasteiger partial charge in [-0.2, -0.15) is 11.8 Å². The number of rotatable bonds is 11. The van der Waals surface area contributed by atoms with Crippen LogP contribution in [0.2, 0.25) is 0 Å². The quantitative estimate of drug-likeness (QED) is 0.331. The molecule has 1 atom stereocenters. The molecule has 0 aromatic rings. The summed E-state index contributed by atoms with van der Waals surface area (Å²) in [4.78, 5) is 0. The average molecular weight is 319 g/mol. The number of thioether (sulfide) groups is 1. The summed E-state index contributed by atoms with van der Waals surface area (Å²) in [6, 6.07) is 0. The summed E-state index contributed by atoms with van der Waals surface area (Å²) < 4.78 is 21.6. The van der Waals surface area contributed by atoms with Crippen LogP contribution in [-0.2, 0) is 24.5 Å². The molecule has 0 saturated heterocycles. The van der Waals surface area contributed by atoms with Gasteiger partial charge in [-0.1, -0.05) is 6.92 Å². The van der Waals surface area contributed by atoms with Gasteiger partial charge in [0.05, 0.1) is 0 Å². The summed E-state index contributed by atoms with van der Waals surface area (Å²) in [6.07, 6.45) is 0. The van der Waals surface area contributed by atoms with Gasteiger partial charge in [-0.05, 0) is 35.0 Å². The van der Waals surface area contributed by atoms with Gasteiger partial charge >= 0.3 is 6.80 Å². The highest BCUT2D eigenvalue weighted by molar-refractivity contribution is 8.55. The molecule has 0 amide bonds. The van der Waals surface area contributed by atoms with E-state index >= 15 is 0 Å². The minimum atomic E-state index is -2.86. The molecule has 0 fully saturated rings. The van der Waals surface area contributed by atoms with Crippen molar-refractivity contribution < 1.29 is 13.6 Å².